The van der Waals surface area contributed by atoms with E-state index in [-0.39, 0.29) is 0 Å². The van der Waals surface area contributed by atoms with E-state index in [9.17, 15) is 0 Å². The van der Waals surface area contributed by atoms with Gasteiger partial charge in [0.25, 0.3) is 0 Å². The molecule has 36 heavy (non-hydrogen) atoms. The van der Waals surface area contributed by atoms with Crippen molar-refractivity contribution in [3.8, 4) is 11.1 Å². The summed E-state index contributed by atoms with van der Waals surface area (Å²) in [5.41, 5.74) is 7.68. The lowest BCUT2D eigenvalue weighted by Gasteiger charge is -2.30. The Morgan fingerprint density at radius 3 is 2.14 bits per heavy atom. The Bertz CT molecular complexity index is 1770. The summed E-state index contributed by atoms with van der Waals surface area (Å²) < 4.78 is 6.87. The van der Waals surface area contributed by atoms with E-state index in [0.717, 1.165) is 57.1 Å². The average Bonchev–Trinajstić information content (AvgIpc) is 3.35. The molecule has 1 aromatic heterocycles. The highest BCUT2D eigenvalue weighted by Crippen LogP contribution is 2.47. The van der Waals surface area contributed by atoms with Gasteiger partial charge in [-0.25, -0.2) is 0 Å². The maximum Gasteiger partial charge on any atom is 0.160 e. The molecule has 0 saturated carbocycles. The smallest absolute Gasteiger partial charge is 0.160 e. The van der Waals surface area contributed by atoms with Gasteiger partial charge in [0.1, 0.15) is 5.58 Å². The van der Waals surface area contributed by atoms with E-state index in [2.05, 4.69) is 132 Å². The van der Waals surface area contributed by atoms with Crippen molar-refractivity contribution in [1.29, 1.82) is 0 Å². The molecule has 0 aliphatic heterocycles. The number of furan rings is 1. The summed E-state index contributed by atoms with van der Waals surface area (Å²) in [6.45, 7) is 0. The Balaban J connectivity index is 1.62. The minimum Gasteiger partial charge on any atom is -0.453 e. The Morgan fingerprint density at radius 2 is 1.33 bits per heavy atom. The molecule has 0 fully saturated rings. The van der Waals surface area contributed by atoms with Crippen molar-refractivity contribution >= 4 is 44.1 Å². The topological polar surface area (TPSA) is 16.4 Å². The van der Waals surface area contributed by atoms with Crippen molar-refractivity contribution in [3.63, 3.8) is 0 Å². The van der Waals surface area contributed by atoms with Gasteiger partial charge in [-0.15, -0.1) is 0 Å². The van der Waals surface area contributed by atoms with Gasteiger partial charge in [0, 0.05) is 33.1 Å². The van der Waals surface area contributed by atoms with Crippen LogP contribution in [-0.4, -0.2) is 0 Å². The van der Waals surface area contributed by atoms with Crippen LogP contribution >= 0.6 is 0 Å². The molecule has 0 N–H and O–H groups in total. The van der Waals surface area contributed by atoms with E-state index < -0.39 is 0 Å². The molecule has 1 heterocycles. The lowest BCUT2D eigenvalue weighted by molar-refractivity contribution is 0.672. The minimum absolute atomic E-state index is 0.919. The summed E-state index contributed by atoms with van der Waals surface area (Å²) in [5, 5.41) is 4.62. The first-order valence-electron chi connectivity index (χ1n) is 12.5. The molecular weight excluding hydrogens is 438 g/mol. The molecule has 0 bridgehead atoms. The van der Waals surface area contributed by atoms with Crippen LogP contribution in [0.4, 0.5) is 11.4 Å². The molecule has 0 amide bonds. The number of hydrogen-bond acceptors (Lipinski definition) is 2. The zero-order valence-electron chi connectivity index (χ0n) is 19.9. The molecule has 1 aliphatic carbocycles. The molecule has 2 heteroatoms. The van der Waals surface area contributed by atoms with E-state index >= 15 is 0 Å². The zero-order valence-corrected chi connectivity index (χ0v) is 19.9. The van der Waals surface area contributed by atoms with Crippen molar-refractivity contribution in [1.82, 2.24) is 0 Å². The first-order valence-corrected chi connectivity index (χ1v) is 12.5. The van der Waals surface area contributed by atoms with Crippen LogP contribution in [0.5, 0.6) is 0 Å². The fourth-order valence-electron chi connectivity index (χ4n) is 5.42. The Kier molecular flexibility index (Phi) is 4.96. The van der Waals surface area contributed by atoms with Gasteiger partial charge in [0.15, 0.2) is 5.58 Å². The van der Waals surface area contributed by atoms with Gasteiger partial charge in [-0.05, 0) is 54.1 Å². The first kappa shape index (κ1) is 20.8. The molecule has 0 saturated heterocycles. The second kappa shape index (κ2) is 8.58. The van der Waals surface area contributed by atoms with Gasteiger partial charge in [-0.1, -0.05) is 97.1 Å². The van der Waals surface area contributed by atoms with E-state index in [0.29, 0.717) is 0 Å². The third-order valence-corrected chi connectivity index (χ3v) is 7.11. The van der Waals surface area contributed by atoms with Gasteiger partial charge >= 0.3 is 0 Å². The van der Waals surface area contributed by atoms with Crippen LogP contribution in [0, 0.1) is 0 Å². The predicted molar refractivity (Wildman–Crippen MR) is 152 cm³/mol. The molecule has 0 spiro atoms. The second-order valence-electron chi connectivity index (χ2n) is 9.27. The van der Waals surface area contributed by atoms with Gasteiger partial charge in [0.2, 0.25) is 0 Å². The lowest BCUT2D eigenvalue weighted by Crippen LogP contribution is -2.18. The monoisotopic (exact) mass is 463 g/mol. The third-order valence-electron chi connectivity index (χ3n) is 7.11. The standard InChI is InChI=1S/C34H25NO/c1-4-12-24(13-5-1)28-22-23-31-30-21-20-25-14-10-11-19-29(25)33(30)36-34(31)32(28)35(26-15-6-2-7-16-26)27-17-8-3-9-18-27/h1-8,10-17,19-23H,9,18H2. The van der Waals surface area contributed by atoms with Crippen LogP contribution in [0.1, 0.15) is 12.8 Å². The van der Waals surface area contributed by atoms with Crippen LogP contribution < -0.4 is 4.90 Å². The maximum atomic E-state index is 6.87. The summed E-state index contributed by atoms with van der Waals surface area (Å²) in [5.74, 6) is 0. The van der Waals surface area contributed by atoms with Gasteiger partial charge in [-0.3, -0.25) is 0 Å². The summed E-state index contributed by atoms with van der Waals surface area (Å²) in [4.78, 5) is 2.40. The van der Waals surface area contributed by atoms with Crippen LogP contribution in [0.3, 0.4) is 0 Å². The zero-order chi connectivity index (χ0) is 23.9. The van der Waals surface area contributed by atoms with Gasteiger partial charge in [0.05, 0.1) is 5.69 Å². The van der Waals surface area contributed by atoms with Crippen molar-refractivity contribution in [2.75, 3.05) is 4.90 Å². The highest BCUT2D eigenvalue weighted by Gasteiger charge is 2.25. The fourth-order valence-corrected chi connectivity index (χ4v) is 5.42. The summed E-state index contributed by atoms with van der Waals surface area (Å²) in [7, 11) is 0. The normalized spacial score (nSPS) is 13.4. The van der Waals surface area contributed by atoms with Crippen molar-refractivity contribution < 1.29 is 4.42 Å². The van der Waals surface area contributed by atoms with E-state index in [1.165, 1.54) is 16.6 Å². The quantitative estimate of drug-likeness (QED) is 0.259. The van der Waals surface area contributed by atoms with Crippen LogP contribution in [0.25, 0.3) is 43.8 Å². The summed E-state index contributed by atoms with van der Waals surface area (Å²) in [6.07, 6.45) is 8.64. The SMILES string of the molecule is C1=CCCC(N(c2ccccc2)c2c(-c3ccccc3)ccc3c2oc2c4ccccc4ccc32)=C1. The maximum absolute atomic E-state index is 6.87. The largest absolute Gasteiger partial charge is 0.453 e. The molecule has 2 nitrogen and oxygen atoms in total. The number of rotatable bonds is 4. The number of hydrogen-bond donors (Lipinski definition) is 0. The average molecular weight is 464 g/mol. The van der Waals surface area contributed by atoms with Gasteiger partial charge < -0.3 is 9.32 Å². The molecule has 0 unspecified atom stereocenters. The molecule has 172 valence electrons. The third kappa shape index (κ3) is 3.34. The number of benzene rings is 5. The van der Waals surface area contributed by atoms with E-state index in [4.69, 9.17) is 4.42 Å². The van der Waals surface area contributed by atoms with Crippen LogP contribution in [-0.2, 0) is 0 Å². The highest BCUT2D eigenvalue weighted by atomic mass is 16.3. The molecule has 1 aliphatic rings. The summed E-state index contributed by atoms with van der Waals surface area (Å²) in [6, 6.07) is 38.6. The Hall–Kier alpha value is -4.56. The molecular formula is C34H25NO. The highest BCUT2D eigenvalue weighted by molar-refractivity contribution is 6.19. The molecule has 0 radical (unpaired) electrons. The van der Waals surface area contributed by atoms with Crippen LogP contribution in [0.2, 0.25) is 0 Å². The molecule has 6 aromatic rings. The van der Waals surface area contributed by atoms with E-state index in [1.807, 2.05) is 0 Å². The molecule has 7 rings (SSSR count). The summed E-state index contributed by atoms with van der Waals surface area (Å²) >= 11 is 0. The van der Waals surface area contributed by atoms with Crippen molar-refractivity contribution in [2.24, 2.45) is 0 Å². The molecule has 5 aromatic carbocycles. The number of nitrogens with zero attached hydrogens (tertiary/aromatic N) is 1. The Labute approximate surface area is 210 Å². The van der Waals surface area contributed by atoms with Crippen LogP contribution in [0.15, 0.2) is 138 Å². The first-order chi connectivity index (χ1) is 17.9. The number of fused-ring (bicyclic) bond motifs is 5. The molecule has 0 atom stereocenters. The van der Waals surface area contributed by atoms with E-state index in [1.54, 1.807) is 0 Å². The number of para-hydroxylation sites is 1. The lowest BCUT2D eigenvalue weighted by atomic mass is 9.98. The minimum atomic E-state index is 0.919. The Morgan fingerprint density at radius 1 is 0.611 bits per heavy atom. The number of anilines is 2. The van der Waals surface area contributed by atoms with Crippen molar-refractivity contribution in [3.05, 3.63) is 133 Å². The second-order valence-corrected chi connectivity index (χ2v) is 9.27. The van der Waals surface area contributed by atoms with Crippen molar-refractivity contribution in [2.45, 2.75) is 12.8 Å². The predicted octanol–water partition coefficient (Wildman–Crippen LogP) is 9.78. The fraction of sp³-hybridized carbons (Fsp3) is 0.0588. The van der Waals surface area contributed by atoms with Gasteiger partial charge in [-0.2, -0.15) is 0 Å². The number of allylic oxidation sites excluding steroid dienone is 4.